The molecule has 1 fully saturated rings. The topological polar surface area (TPSA) is 32.3 Å². The highest BCUT2D eigenvalue weighted by atomic mass is 16.1. The van der Waals surface area contributed by atoms with E-state index in [-0.39, 0.29) is 5.91 Å². The van der Waals surface area contributed by atoms with Gasteiger partial charge in [-0.15, -0.1) is 0 Å². The van der Waals surface area contributed by atoms with E-state index in [1.807, 2.05) is 31.2 Å². The van der Waals surface area contributed by atoms with Gasteiger partial charge in [0.15, 0.2) is 0 Å². The van der Waals surface area contributed by atoms with Crippen LogP contribution < -0.4 is 5.32 Å². The minimum atomic E-state index is 0.0432. The monoisotopic (exact) mass is 246 g/mol. The SMILES string of the molecule is CCN1CCCC1CNC(=O)c1cccc(C)c1. The van der Waals surface area contributed by atoms with Gasteiger partial charge in [-0.3, -0.25) is 9.69 Å². The zero-order chi connectivity index (χ0) is 13.0. The van der Waals surface area contributed by atoms with E-state index >= 15 is 0 Å². The summed E-state index contributed by atoms with van der Waals surface area (Å²) in [6.45, 7) is 7.19. The number of likely N-dealkylation sites (N-methyl/N-ethyl adjacent to an activating group) is 1. The zero-order valence-electron chi connectivity index (χ0n) is 11.3. The second kappa shape index (κ2) is 6.01. The Morgan fingerprint density at radius 1 is 1.50 bits per heavy atom. The van der Waals surface area contributed by atoms with Crippen molar-refractivity contribution in [2.75, 3.05) is 19.6 Å². The molecule has 18 heavy (non-hydrogen) atoms. The van der Waals surface area contributed by atoms with E-state index in [1.54, 1.807) is 0 Å². The number of benzene rings is 1. The molecule has 0 spiro atoms. The van der Waals surface area contributed by atoms with Gasteiger partial charge in [0.05, 0.1) is 0 Å². The molecule has 1 atom stereocenters. The summed E-state index contributed by atoms with van der Waals surface area (Å²) in [5.41, 5.74) is 1.88. The molecule has 0 radical (unpaired) electrons. The van der Waals surface area contributed by atoms with Crippen molar-refractivity contribution in [3.63, 3.8) is 0 Å². The summed E-state index contributed by atoms with van der Waals surface area (Å²) in [7, 11) is 0. The number of nitrogens with one attached hydrogen (secondary N) is 1. The second-order valence-corrected chi connectivity index (χ2v) is 5.00. The van der Waals surface area contributed by atoms with Crippen LogP contribution in [0.2, 0.25) is 0 Å². The first-order valence-corrected chi connectivity index (χ1v) is 6.79. The Labute approximate surface area is 109 Å². The summed E-state index contributed by atoms with van der Waals surface area (Å²) in [5, 5.41) is 3.05. The number of hydrogen-bond donors (Lipinski definition) is 1. The van der Waals surface area contributed by atoms with Crippen LogP contribution in [0.15, 0.2) is 24.3 Å². The Morgan fingerprint density at radius 2 is 2.33 bits per heavy atom. The molecule has 0 saturated carbocycles. The van der Waals surface area contributed by atoms with Crippen molar-refractivity contribution in [2.24, 2.45) is 0 Å². The lowest BCUT2D eigenvalue weighted by atomic mass is 10.1. The maximum absolute atomic E-state index is 12.0. The zero-order valence-corrected chi connectivity index (χ0v) is 11.3. The van der Waals surface area contributed by atoms with Gasteiger partial charge in [0.2, 0.25) is 0 Å². The highest BCUT2D eigenvalue weighted by Crippen LogP contribution is 2.15. The molecule has 1 saturated heterocycles. The van der Waals surface area contributed by atoms with Crippen LogP contribution in [0.3, 0.4) is 0 Å². The smallest absolute Gasteiger partial charge is 0.251 e. The molecule has 3 nitrogen and oxygen atoms in total. The predicted octanol–water partition coefficient (Wildman–Crippen LogP) is 2.21. The van der Waals surface area contributed by atoms with Gasteiger partial charge in [-0.2, -0.15) is 0 Å². The number of amides is 1. The molecule has 1 unspecified atom stereocenters. The first-order valence-electron chi connectivity index (χ1n) is 6.79. The summed E-state index contributed by atoms with van der Waals surface area (Å²) in [5.74, 6) is 0.0432. The van der Waals surface area contributed by atoms with Gasteiger partial charge in [0.25, 0.3) is 5.91 Å². The van der Waals surface area contributed by atoms with Crippen molar-refractivity contribution in [3.8, 4) is 0 Å². The first kappa shape index (κ1) is 13.1. The molecule has 2 rings (SSSR count). The molecule has 1 amide bonds. The van der Waals surface area contributed by atoms with Crippen molar-refractivity contribution in [1.29, 1.82) is 0 Å². The highest BCUT2D eigenvalue weighted by molar-refractivity contribution is 5.94. The lowest BCUT2D eigenvalue weighted by Crippen LogP contribution is -2.40. The van der Waals surface area contributed by atoms with E-state index < -0.39 is 0 Å². The molecule has 0 bridgehead atoms. The van der Waals surface area contributed by atoms with E-state index in [1.165, 1.54) is 19.4 Å². The second-order valence-electron chi connectivity index (χ2n) is 5.00. The third-order valence-electron chi connectivity index (χ3n) is 3.68. The molecular formula is C15H22N2O. The number of hydrogen-bond acceptors (Lipinski definition) is 2. The molecule has 1 aliphatic rings. The normalized spacial score (nSPS) is 20.0. The molecule has 0 aromatic heterocycles. The standard InChI is InChI=1S/C15H22N2O/c1-3-17-9-5-8-14(17)11-16-15(18)13-7-4-6-12(2)10-13/h4,6-7,10,14H,3,5,8-9,11H2,1-2H3,(H,16,18). The third kappa shape index (κ3) is 3.10. The van der Waals surface area contributed by atoms with Gasteiger partial charge in [-0.25, -0.2) is 0 Å². The van der Waals surface area contributed by atoms with Crippen LogP contribution >= 0.6 is 0 Å². The minimum Gasteiger partial charge on any atom is -0.350 e. The van der Waals surface area contributed by atoms with Gasteiger partial charge in [-0.1, -0.05) is 24.6 Å². The highest BCUT2D eigenvalue weighted by Gasteiger charge is 2.23. The number of rotatable bonds is 4. The molecule has 98 valence electrons. The van der Waals surface area contributed by atoms with Gasteiger partial charge < -0.3 is 5.32 Å². The van der Waals surface area contributed by atoms with E-state index in [4.69, 9.17) is 0 Å². The van der Waals surface area contributed by atoms with Crippen LogP contribution in [0.5, 0.6) is 0 Å². The molecule has 3 heteroatoms. The van der Waals surface area contributed by atoms with Crippen LogP contribution in [-0.2, 0) is 0 Å². The van der Waals surface area contributed by atoms with Gasteiger partial charge in [0.1, 0.15) is 0 Å². The van der Waals surface area contributed by atoms with Crippen molar-refractivity contribution >= 4 is 5.91 Å². The van der Waals surface area contributed by atoms with Crippen molar-refractivity contribution < 1.29 is 4.79 Å². The lowest BCUT2D eigenvalue weighted by molar-refractivity contribution is 0.0941. The molecule has 1 aromatic rings. The summed E-state index contributed by atoms with van der Waals surface area (Å²) < 4.78 is 0. The predicted molar refractivity (Wildman–Crippen MR) is 73.8 cm³/mol. The van der Waals surface area contributed by atoms with Crippen LogP contribution in [0.25, 0.3) is 0 Å². The summed E-state index contributed by atoms with van der Waals surface area (Å²) in [6.07, 6.45) is 2.45. The Kier molecular flexibility index (Phi) is 4.37. The van der Waals surface area contributed by atoms with E-state index in [9.17, 15) is 4.79 Å². The van der Waals surface area contributed by atoms with Gasteiger partial charge in [-0.05, 0) is 45.0 Å². The number of carbonyl (C=O) groups is 1. The number of nitrogens with zero attached hydrogens (tertiary/aromatic N) is 1. The molecule has 0 aliphatic carbocycles. The number of aryl methyl sites for hydroxylation is 1. The fraction of sp³-hybridized carbons (Fsp3) is 0.533. The molecule has 1 heterocycles. The van der Waals surface area contributed by atoms with Crippen molar-refractivity contribution in [1.82, 2.24) is 10.2 Å². The Morgan fingerprint density at radius 3 is 3.06 bits per heavy atom. The van der Waals surface area contributed by atoms with Crippen LogP contribution in [0, 0.1) is 6.92 Å². The Hall–Kier alpha value is -1.35. The minimum absolute atomic E-state index is 0.0432. The van der Waals surface area contributed by atoms with E-state index in [0.29, 0.717) is 6.04 Å². The Bertz CT molecular complexity index is 417. The quantitative estimate of drug-likeness (QED) is 0.883. The van der Waals surface area contributed by atoms with Crippen LogP contribution in [0.4, 0.5) is 0 Å². The largest absolute Gasteiger partial charge is 0.350 e. The fourth-order valence-electron chi connectivity index (χ4n) is 2.64. The average molecular weight is 246 g/mol. The van der Waals surface area contributed by atoms with E-state index in [0.717, 1.165) is 24.2 Å². The number of carbonyl (C=O) groups excluding carboxylic acids is 1. The molecule has 1 aliphatic heterocycles. The molecule has 1 N–H and O–H groups in total. The van der Waals surface area contributed by atoms with Crippen LogP contribution in [0.1, 0.15) is 35.7 Å². The fourth-order valence-corrected chi connectivity index (χ4v) is 2.64. The van der Waals surface area contributed by atoms with Crippen molar-refractivity contribution in [3.05, 3.63) is 35.4 Å². The maximum atomic E-state index is 12.0. The molecular weight excluding hydrogens is 224 g/mol. The van der Waals surface area contributed by atoms with E-state index in [2.05, 4.69) is 17.1 Å². The maximum Gasteiger partial charge on any atom is 0.251 e. The molecule has 1 aromatic carbocycles. The Balaban J connectivity index is 1.88. The lowest BCUT2D eigenvalue weighted by Gasteiger charge is -2.22. The summed E-state index contributed by atoms with van der Waals surface area (Å²) in [4.78, 5) is 14.5. The van der Waals surface area contributed by atoms with Crippen LogP contribution in [-0.4, -0.2) is 36.5 Å². The summed E-state index contributed by atoms with van der Waals surface area (Å²) in [6, 6.07) is 8.25. The number of likely N-dealkylation sites (tertiary alicyclic amines) is 1. The van der Waals surface area contributed by atoms with Gasteiger partial charge in [0, 0.05) is 18.2 Å². The summed E-state index contributed by atoms with van der Waals surface area (Å²) >= 11 is 0. The average Bonchev–Trinajstić information content (AvgIpc) is 2.83. The van der Waals surface area contributed by atoms with Crippen molar-refractivity contribution in [2.45, 2.75) is 32.7 Å². The first-order chi connectivity index (χ1) is 8.70. The third-order valence-corrected chi connectivity index (χ3v) is 3.68. The van der Waals surface area contributed by atoms with Gasteiger partial charge >= 0.3 is 0 Å².